The molecule has 3 nitrogen and oxygen atoms in total. The molecular weight excluding hydrogens is 258 g/mol. The molecule has 0 aliphatic carbocycles. The molecule has 0 fully saturated rings. The van der Waals surface area contributed by atoms with Crippen LogP contribution in [0.5, 0.6) is 0 Å². The van der Waals surface area contributed by atoms with Gasteiger partial charge in [-0.25, -0.2) is 4.98 Å². The lowest BCUT2D eigenvalue weighted by molar-refractivity contribution is 1.34. The van der Waals surface area contributed by atoms with Gasteiger partial charge in [-0.1, -0.05) is 18.2 Å². The third-order valence-corrected chi connectivity index (χ3v) is 4.00. The molecule has 2 aromatic heterocycles. The molecule has 0 saturated heterocycles. The maximum atomic E-state index is 4.75. The van der Waals surface area contributed by atoms with E-state index in [-0.39, 0.29) is 0 Å². The number of H-pyrrole nitrogens is 1. The smallest absolute Gasteiger partial charge is 0.139 e. The van der Waals surface area contributed by atoms with Crippen LogP contribution in [0.15, 0.2) is 48.7 Å². The lowest BCUT2D eigenvalue weighted by Crippen LogP contribution is -1.84. The van der Waals surface area contributed by atoms with E-state index in [1.54, 1.807) is 0 Å². The number of pyridine rings is 1. The van der Waals surface area contributed by atoms with Gasteiger partial charge in [0, 0.05) is 17.1 Å². The van der Waals surface area contributed by atoms with Crippen molar-refractivity contribution in [2.45, 2.75) is 13.8 Å². The maximum absolute atomic E-state index is 4.75. The van der Waals surface area contributed by atoms with Crippen molar-refractivity contribution in [3.05, 3.63) is 59.8 Å². The van der Waals surface area contributed by atoms with Crippen LogP contribution in [0, 0.1) is 13.8 Å². The first-order valence-corrected chi connectivity index (χ1v) is 7.03. The maximum Gasteiger partial charge on any atom is 0.139 e. The number of fused-ring (bicyclic) bond motifs is 2. The molecule has 0 aliphatic heterocycles. The first kappa shape index (κ1) is 12.1. The summed E-state index contributed by atoms with van der Waals surface area (Å²) in [5.41, 5.74) is 6.70. The molecule has 3 heteroatoms. The van der Waals surface area contributed by atoms with Crippen LogP contribution in [0.2, 0.25) is 0 Å². The summed E-state index contributed by atoms with van der Waals surface area (Å²) in [6.45, 7) is 4.24. The molecule has 0 bridgehead atoms. The standard InChI is InChI=1S/C18H15N3/c1-11-9-16-17(10-12(11)2)21-18(20-16)14-5-3-7-15-13(14)6-4-8-19-15/h3-10H,1-2H3,(H,20,21). The quantitative estimate of drug-likeness (QED) is 0.558. The third kappa shape index (κ3) is 1.89. The van der Waals surface area contributed by atoms with Crippen molar-refractivity contribution < 1.29 is 0 Å². The molecule has 2 heterocycles. The van der Waals surface area contributed by atoms with Gasteiger partial charge in [0.1, 0.15) is 5.82 Å². The second-order valence-electron chi connectivity index (χ2n) is 5.41. The number of benzene rings is 2. The average molecular weight is 273 g/mol. The van der Waals surface area contributed by atoms with Crippen LogP contribution in [0.4, 0.5) is 0 Å². The highest BCUT2D eigenvalue weighted by molar-refractivity contribution is 5.94. The number of imidazole rings is 1. The van der Waals surface area contributed by atoms with Gasteiger partial charge in [-0.2, -0.15) is 0 Å². The summed E-state index contributed by atoms with van der Waals surface area (Å²) in [4.78, 5) is 12.6. The van der Waals surface area contributed by atoms with Crippen molar-refractivity contribution in [3.8, 4) is 11.4 Å². The first-order chi connectivity index (χ1) is 10.2. The molecule has 2 aromatic carbocycles. The fourth-order valence-electron chi connectivity index (χ4n) is 2.71. The van der Waals surface area contributed by atoms with Gasteiger partial charge in [-0.3, -0.25) is 4.98 Å². The average Bonchev–Trinajstić information content (AvgIpc) is 2.90. The van der Waals surface area contributed by atoms with Gasteiger partial charge in [-0.05, 0) is 49.2 Å². The van der Waals surface area contributed by atoms with Crippen molar-refractivity contribution in [3.63, 3.8) is 0 Å². The summed E-state index contributed by atoms with van der Waals surface area (Å²) in [6, 6.07) is 14.5. The van der Waals surface area contributed by atoms with Crippen LogP contribution >= 0.6 is 0 Å². The lowest BCUT2D eigenvalue weighted by atomic mass is 10.1. The van der Waals surface area contributed by atoms with Crippen molar-refractivity contribution in [2.24, 2.45) is 0 Å². The Hall–Kier alpha value is -2.68. The fraction of sp³-hybridized carbons (Fsp3) is 0.111. The number of aromatic nitrogens is 3. The van der Waals surface area contributed by atoms with E-state index in [0.29, 0.717) is 0 Å². The molecule has 0 amide bonds. The van der Waals surface area contributed by atoms with E-state index in [0.717, 1.165) is 33.3 Å². The minimum atomic E-state index is 0.897. The molecule has 4 rings (SSSR count). The normalized spacial score (nSPS) is 11.3. The van der Waals surface area contributed by atoms with Gasteiger partial charge in [-0.15, -0.1) is 0 Å². The van der Waals surface area contributed by atoms with Crippen molar-refractivity contribution >= 4 is 21.9 Å². The minimum Gasteiger partial charge on any atom is -0.338 e. The van der Waals surface area contributed by atoms with Crippen LogP contribution in [-0.4, -0.2) is 15.0 Å². The van der Waals surface area contributed by atoms with Crippen molar-refractivity contribution in [2.75, 3.05) is 0 Å². The van der Waals surface area contributed by atoms with E-state index in [4.69, 9.17) is 4.98 Å². The molecule has 0 radical (unpaired) electrons. The van der Waals surface area contributed by atoms with Gasteiger partial charge in [0.2, 0.25) is 0 Å². The molecule has 1 N–H and O–H groups in total. The summed E-state index contributed by atoms with van der Waals surface area (Å²) >= 11 is 0. The van der Waals surface area contributed by atoms with E-state index < -0.39 is 0 Å². The Morgan fingerprint density at radius 3 is 2.67 bits per heavy atom. The predicted molar refractivity (Wildman–Crippen MR) is 86.3 cm³/mol. The van der Waals surface area contributed by atoms with E-state index in [2.05, 4.69) is 48.1 Å². The minimum absolute atomic E-state index is 0.897. The van der Waals surface area contributed by atoms with E-state index in [1.165, 1.54) is 11.1 Å². The second-order valence-corrected chi connectivity index (χ2v) is 5.41. The Kier molecular flexibility index (Phi) is 2.54. The zero-order valence-electron chi connectivity index (χ0n) is 12.0. The highest BCUT2D eigenvalue weighted by Crippen LogP contribution is 2.28. The van der Waals surface area contributed by atoms with Gasteiger partial charge in [0.25, 0.3) is 0 Å². The molecule has 0 unspecified atom stereocenters. The number of nitrogens with one attached hydrogen (secondary N) is 1. The monoisotopic (exact) mass is 273 g/mol. The van der Waals surface area contributed by atoms with Crippen LogP contribution in [0.25, 0.3) is 33.3 Å². The second kappa shape index (κ2) is 4.42. The van der Waals surface area contributed by atoms with Crippen molar-refractivity contribution in [1.29, 1.82) is 0 Å². The van der Waals surface area contributed by atoms with Gasteiger partial charge < -0.3 is 4.98 Å². The van der Waals surface area contributed by atoms with Crippen molar-refractivity contribution in [1.82, 2.24) is 15.0 Å². The predicted octanol–water partition coefficient (Wildman–Crippen LogP) is 4.39. The Morgan fingerprint density at radius 2 is 1.76 bits per heavy atom. The lowest BCUT2D eigenvalue weighted by Gasteiger charge is -2.02. The molecule has 0 saturated carbocycles. The zero-order valence-corrected chi connectivity index (χ0v) is 12.0. The first-order valence-electron chi connectivity index (χ1n) is 7.03. The zero-order chi connectivity index (χ0) is 14.4. The third-order valence-electron chi connectivity index (χ3n) is 4.00. The van der Waals surface area contributed by atoms with Crippen LogP contribution in [0.3, 0.4) is 0 Å². The number of rotatable bonds is 1. The summed E-state index contributed by atoms with van der Waals surface area (Å²) < 4.78 is 0. The number of aromatic amines is 1. The molecule has 102 valence electrons. The molecule has 0 spiro atoms. The highest BCUT2D eigenvalue weighted by Gasteiger charge is 2.09. The van der Waals surface area contributed by atoms with Gasteiger partial charge in [0.05, 0.1) is 16.6 Å². The highest BCUT2D eigenvalue weighted by atomic mass is 14.9. The summed E-state index contributed by atoms with van der Waals surface area (Å²) in [6.07, 6.45) is 1.82. The number of hydrogen-bond acceptors (Lipinski definition) is 2. The van der Waals surface area contributed by atoms with E-state index >= 15 is 0 Å². The molecule has 0 aliphatic rings. The molecule has 4 aromatic rings. The SMILES string of the molecule is Cc1cc2nc(-c3cccc4ncccc34)[nH]c2cc1C. The largest absolute Gasteiger partial charge is 0.338 e. The Morgan fingerprint density at radius 1 is 0.905 bits per heavy atom. The summed E-state index contributed by atoms with van der Waals surface area (Å²) in [7, 11) is 0. The van der Waals surface area contributed by atoms with Crippen LogP contribution in [-0.2, 0) is 0 Å². The number of nitrogens with zero attached hydrogens (tertiary/aromatic N) is 2. The fourth-order valence-corrected chi connectivity index (χ4v) is 2.71. The van der Waals surface area contributed by atoms with Gasteiger partial charge in [0.15, 0.2) is 0 Å². The summed E-state index contributed by atoms with van der Waals surface area (Å²) in [5.74, 6) is 0.897. The Labute approximate surface area is 122 Å². The van der Waals surface area contributed by atoms with Crippen LogP contribution < -0.4 is 0 Å². The van der Waals surface area contributed by atoms with Gasteiger partial charge >= 0.3 is 0 Å². The molecular formula is C18H15N3. The Bertz CT molecular complexity index is 922. The molecule has 0 atom stereocenters. The topological polar surface area (TPSA) is 41.6 Å². The number of hydrogen-bond donors (Lipinski definition) is 1. The Balaban J connectivity index is 2.00. The van der Waals surface area contributed by atoms with E-state index in [9.17, 15) is 0 Å². The molecule has 21 heavy (non-hydrogen) atoms. The van der Waals surface area contributed by atoms with E-state index in [1.807, 2.05) is 24.4 Å². The van der Waals surface area contributed by atoms with Crippen LogP contribution in [0.1, 0.15) is 11.1 Å². The number of aryl methyl sites for hydroxylation is 2. The summed E-state index contributed by atoms with van der Waals surface area (Å²) in [5, 5.41) is 1.12.